The number of aromatic nitrogens is 6. The van der Waals surface area contributed by atoms with Crippen molar-refractivity contribution in [2.24, 2.45) is 0 Å². The Morgan fingerprint density at radius 3 is 2.95 bits per heavy atom. The molecule has 0 N–H and O–H groups in total. The summed E-state index contributed by atoms with van der Waals surface area (Å²) in [7, 11) is 0. The molecule has 3 heterocycles. The van der Waals surface area contributed by atoms with E-state index in [0.717, 1.165) is 10.6 Å². The molecule has 8 heteroatoms. The minimum absolute atomic E-state index is 0.0860. The highest BCUT2D eigenvalue weighted by Gasteiger charge is 2.11. The molecule has 98 valence electrons. The molecule has 3 aromatic rings. The Kier molecular flexibility index (Phi) is 2.86. The maximum absolute atomic E-state index is 12.4. The van der Waals surface area contributed by atoms with Gasteiger partial charge in [0.15, 0.2) is 5.52 Å². The Balaban J connectivity index is 2.12. The summed E-state index contributed by atoms with van der Waals surface area (Å²) in [6, 6.07) is 0. The molecule has 0 aliphatic rings. The van der Waals surface area contributed by atoms with Crippen LogP contribution < -0.4 is 5.56 Å². The predicted octanol–water partition coefficient (Wildman–Crippen LogP) is 0.821. The molecule has 19 heavy (non-hydrogen) atoms. The van der Waals surface area contributed by atoms with Crippen molar-refractivity contribution in [1.29, 1.82) is 0 Å². The summed E-state index contributed by atoms with van der Waals surface area (Å²) in [5.41, 5.74) is 1.93. The van der Waals surface area contributed by atoms with Gasteiger partial charge in [0.1, 0.15) is 5.52 Å². The average Bonchev–Trinajstić information content (AvgIpc) is 3.00. The smallest absolute Gasteiger partial charge is 0.279 e. The molecule has 0 aliphatic carbocycles. The quantitative estimate of drug-likeness (QED) is 0.707. The first-order valence-corrected chi connectivity index (χ1v) is 6.67. The second-order valence-corrected chi connectivity index (χ2v) is 4.99. The van der Waals surface area contributed by atoms with E-state index in [1.165, 1.54) is 11.5 Å². The van der Waals surface area contributed by atoms with Crippen molar-refractivity contribution in [1.82, 2.24) is 28.9 Å². The van der Waals surface area contributed by atoms with Crippen molar-refractivity contribution in [3.63, 3.8) is 0 Å². The van der Waals surface area contributed by atoms with E-state index >= 15 is 0 Å². The Hall–Kier alpha value is -2.09. The van der Waals surface area contributed by atoms with Crippen LogP contribution in [0.4, 0.5) is 0 Å². The van der Waals surface area contributed by atoms with Gasteiger partial charge in [0.2, 0.25) is 0 Å². The summed E-state index contributed by atoms with van der Waals surface area (Å²) in [5, 5.41) is 8.09. The van der Waals surface area contributed by atoms with E-state index in [1.807, 2.05) is 13.8 Å². The van der Waals surface area contributed by atoms with Gasteiger partial charge in [-0.3, -0.25) is 14.0 Å². The number of fused-ring (bicyclic) bond motifs is 1. The van der Waals surface area contributed by atoms with E-state index in [4.69, 9.17) is 0 Å². The van der Waals surface area contributed by atoms with Crippen LogP contribution >= 0.6 is 11.5 Å². The normalized spacial score (nSPS) is 11.3. The van der Waals surface area contributed by atoms with Crippen molar-refractivity contribution in [3.05, 3.63) is 33.4 Å². The van der Waals surface area contributed by atoms with Gasteiger partial charge in [-0.1, -0.05) is 4.49 Å². The van der Waals surface area contributed by atoms with Gasteiger partial charge < -0.3 is 0 Å². The summed E-state index contributed by atoms with van der Waals surface area (Å²) in [4.78, 5) is 17.7. The molecule has 0 saturated carbocycles. The molecule has 0 aliphatic heterocycles. The average molecular weight is 276 g/mol. The van der Waals surface area contributed by atoms with Gasteiger partial charge in [-0.2, -0.15) is 5.10 Å². The number of hydrogen-bond acceptors (Lipinski definition) is 6. The Labute approximate surface area is 112 Å². The minimum atomic E-state index is -0.0860. The molecule has 0 spiro atoms. The zero-order valence-electron chi connectivity index (χ0n) is 10.6. The molecule has 0 aromatic carbocycles. The number of nitrogens with zero attached hydrogens (tertiary/aromatic N) is 6. The fourth-order valence-corrected chi connectivity index (χ4v) is 2.55. The lowest BCUT2D eigenvalue weighted by Crippen LogP contribution is -2.23. The largest absolute Gasteiger partial charge is 0.292 e. The summed E-state index contributed by atoms with van der Waals surface area (Å²) >= 11 is 1.30. The molecule has 0 amide bonds. The standard InChI is InChI=1S/C11H12N6OS/c1-3-17-10-8(4-13-17)12-6-16(11(10)18)5-9-7(2)14-15-19-9/h4,6H,3,5H2,1-2H3. The molecule has 0 fully saturated rings. The number of rotatable bonds is 3. The second-order valence-electron chi connectivity index (χ2n) is 4.15. The fourth-order valence-electron chi connectivity index (χ4n) is 1.91. The van der Waals surface area contributed by atoms with Crippen LogP contribution in [0.1, 0.15) is 17.5 Å². The van der Waals surface area contributed by atoms with Crippen LogP contribution in [0.5, 0.6) is 0 Å². The van der Waals surface area contributed by atoms with Gasteiger partial charge in [-0.25, -0.2) is 4.98 Å². The van der Waals surface area contributed by atoms with E-state index in [2.05, 4.69) is 19.7 Å². The van der Waals surface area contributed by atoms with Crippen LogP contribution in [0.2, 0.25) is 0 Å². The molecule has 0 bridgehead atoms. The number of hydrogen-bond donors (Lipinski definition) is 0. The lowest BCUT2D eigenvalue weighted by atomic mass is 10.4. The first kappa shape index (κ1) is 12.0. The third-order valence-electron chi connectivity index (χ3n) is 2.98. The van der Waals surface area contributed by atoms with Crippen molar-refractivity contribution >= 4 is 22.6 Å². The maximum atomic E-state index is 12.4. The van der Waals surface area contributed by atoms with Gasteiger partial charge in [-0.15, -0.1) is 5.10 Å². The molecule has 7 nitrogen and oxygen atoms in total. The maximum Gasteiger partial charge on any atom is 0.279 e. The van der Waals surface area contributed by atoms with Crippen molar-refractivity contribution in [2.75, 3.05) is 0 Å². The molecule has 0 atom stereocenters. The molecule has 3 aromatic heterocycles. The van der Waals surface area contributed by atoms with E-state index in [0.29, 0.717) is 24.1 Å². The van der Waals surface area contributed by atoms with Crippen LogP contribution in [-0.4, -0.2) is 28.9 Å². The van der Waals surface area contributed by atoms with Crippen molar-refractivity contribution in [2.45, 2.75) is 26.9 Å². The monoisotopic (exact) mass is 276 g/mol. The first-order valence-electron chi connectivity index (χ1n) is 5.89. The molecule has 0 radical (unpaired) electrons. The Bertz CT molecular complexity index is 786. The Morgan fingerprint density at radius 2 is 2.26 bits per heavy atom. The molecule has 3 rings (SSSR count). The zero-order chi connectivity index (χ0) is 13.4. The van der Waals surface area contributed by atoms with Crippen LogP contribution in [0.3, 0.4) is 0 Å². The first-order chi connectivity index (χ1) is 9.20. The van der Waals surface area contributed by atoms with Gasteiger partial charge in [0.25, 0.3) is 5.56 Å². The van der Waals surface area contributed by atoms with Crippen LogP contribution in [-0.2, 0) is 13.1 Å². The lowest BCUT2D eigenvalue weighted by molar-refractivity contribution is 0.670. The summed E-state index contributed by atoms with van der Waals surface area (Å²) in [6.45, 7) is 4.92. The highest BCUT2D eigenvalue weighted by molar-refractivity contribution is 7.05. The van der Waals surface area contributed by atoms with Crippen LogP contribution in [0.25, 0.3) is 11.0 Å². The molecular weight excluding hydrogens is 264 g/mol. The predicted molar refractivity (Wildman–Crippen MR) is 71.2 cm³/mol. The Morgan fingerprint density at radius 1 is 1.42 bits per heavy atom. The summed E-state index contributed by atoms with van der Waals surface area (Å²) in [6.07, 6.45) is 3.16. The van der Waals surface area contributed by atoms with E-state index in [-0.39, 0.29) is 5.56 Å². The van der Waals surface area contributed by atoms with Gasteiger partial charge in [0.05, 0.1) is 29.6 Å². The lowest BCUT2D eigenvalue weighted by Gasteiger charge is -2.04. The van der Waals surface area contributed by atoms with Gasteiger partial charge in [-0.05, 0) is 25.4 Å². The van der Waals surface area contributed by atoms with Gasteiger partial charge in [0, 0.05) is 6.54 Å². The van der Waals surface area contributed by atoms with E-state index < -0.39 is 0 Å². The second kappa shape index (κ2) is 4.54. The molecule has 0 unspecified atom stereocenters. The third kappa shape index (κ3) is 1.93. The zero-order valence-corrected chi connectivity index (χ0v) is 11.4. The fraction of sp³-hybridized carbons (Fsp3) is 0.364. The van der Waals surface area contributed by atoms with E-state index in [9.17, 15) is 4.79 Å². The topological polar surface area (TPSA) is 78.5 Å². The highest BCUT2D eigenvalue weighted by atomic mass is 32.1. The summed E-state index contributed by atoms with van der Waals surface area (Å²) < 4.78 is 7.11. The number of aryl methyl sites for hydroxylation is 2. The van der Waals surface area contributed by atoms with Gasteiger partial charge >= 0.3 is 0 Å². The molecule has 0 saturated heterocycles. The van der Waals surface area contributed by atoms with Crippen molar-refractivity contribution in [3.8, 4) is 0 Å². The third-order valence-corrected chi connectivity index (χ3v) is 3.79. The highest BCUT2D eigenvalue weighted by Crippen LogP contribution is 2.11. The van der Waals surface area contributed by atoms with E-state index in [1.54, 1.807) is 21.8 Å². The minimum Gasteiger partial charge on any atom is -0.292 e. The van der Waals surface area contributed by atoms with Crippen molar-refractivity contribution < 1.29 is 0 Å². The van der Waals surface area contributed by atoms with Crippen LogP contribution in [0, 0.1) is 6.92 Å². The SMILES string of the molecule is CCn1ncc2ncn(Cc3snnc3C)c(=O)c21. The molecular formula is C11H12N6OS. The van der Waals surface area contributed by atoms with Crippen LogP contribution in [0.15, 0.2) is 17.3 Å². The summed E-state index contributed by atoms with van der Waals surface area (Å²) in [5.74, 6) is 0.